The number of anilines is 1. The zero-order chi connectivity index (χ0) is 17.9. The van der Waals surface area contributed by atoms with Crippen LogP contribution in [0, 0.1) is 6.92 Å². The second-order valence-corrected chi connectivity index (χ2v) is 7.53. The Morgan fingerprint density at radius 2 is 1.71 bits per heavy atom. The van der Waals surface area contributed by atoms with Gasteiger partial charge in [-0.05, 0) is 48.2 Å². The Bertz CT molecular complexity index is 840. The highest BCUT2D eigenvalue weighted by Gasteiger charge is 2.18. The van der Waals surface area contributed by atoms with Gasteiger partial charge in [-0.15, -0.1) is 0 Å². The number of aryl methyl sites for hydroxylation is 1. The topological polar surface area (TPSA) is 72.5 Å². The second kappa shape index (κ2) is 7.05. The van der Waals surface area contributed by atoms with Crippen molar-refractivity contribution in [2.24, 2.45) is 0 Å². The first kappa shape index (κ1) is 18.0. The zero-order valence-electron chi connectivity index (χ0n) is 14.2. The molecule has 2 aromatic carbocycles. The van der Waals surface area contributed by atoms with Crippen LogP contribution in [0.25, 0.3) is 0 Å². The number of methoxy groups -OCH3 is 1. The summed E-state index contributed by atoms with van der Waals surface area (Å²) in [6.45, 7) is 5.86. The van der Waals surface area contributed by atoms with Crippen molar-refractivity contribution in [3.63, 3.8) is 0 Å². The summed E-state index contributed by atoms with van der Waals surface area (Å²) in [6, 6.07) is 11.6. The second-order valence-electron chi connectivity index (χ2n) is 5.85. The Hall–Kier alpha value is -2.34. The molecule has 5 nitrogen and oxygen atoms in total. The lowest BCUT2D eigenvalue weighted by Crippen LogP contribution is -2.14. The van der Waals surface area contributed by atoms with Crippen molar-refractivity contribution >= 4 is 21.7 Å². The van der Waals surface area contributed by atoms with Gasteiger partial charge in [0.2, 0.25) is 0 Å². The van der Waals surface area contributed by atoms with Gasteiger partial charge < -0.3 is 4.74 Å². The molecule has 2 aromatic rings. The smallest absolute Gasteiger partial charge is 0.338 e. The van der Waals surface area contributed by atoms with Crippen LogP contribution in [0.5, 0.6) is 0 Å². The fraction of sp³-hybridized carbons (Fsp3) is 0.278. The molecule has 128 valence electrons. The monoisotopic (exact) mass is 347 g/mol. The molecule has 0 fully saturated rings. The summed E-state index contributed by atoms with van der Waals surface area (Å²) in [4.78, 5) is 11.8. The highest BCUT2D eigenvalue weighted by Crippen LogP contribution is 2.22. The Kier molecular flexibility index (Phi) is 5.29. The van der Waals surface area contributed by atoms with E-state index in [1.165, 1.54) is 19.2 Å². The summed E-state index contributed by atoms with van der Waals surface area (Å²) in [7, 11) is -2.52. The predicted octanol–water partition coefficient (Wildman–Crippen LogP) is 3.71. The minimum absolute atomic E-state index is 0.0152. The van der Waals surface area contributed by atoms with Crippen LogP contribution in [0.2, 0.25) is 0 Å². The lowest BCUT2D eigenvalue weighted by molar-refractivity contribution is 0.0599. The maximum Gasteiger partial charge on any atom is 0.338 e. The van der Waals surface area contributed by atoms with E-state index in [1.807, 2.05) is 12.1 Å². The average Bonchev–Trinajstić information content (AvgIpc) is 2.54. The molecule has 0 heterocycles. The van der Waals surface area contributed by atoms with Crippen molar-refractivity contribution in [1.29, 1.82) is 0 Å². The molecule has 2 rings (SSSR count). The minimum Gasteiger partial charge on any atom is -0.465 e. The number of hydrogen-bond acceptors (Lipinski definition) is 4. The third kappa shape index (κ3) is 3.94. The van der Waals surface area contributed by atoms with E-state index in [1.54, 1.807) is 25.1 Å². The first-order valence-electron chi connectivity index (χ1n) is 7.56. The molecule has 0 amide bonds. The lowest BCUT2D eigenvalue weighted by Gasteiger charge is -2.11. The number of nitrogens with one attached hydrogen (secondary N) is 1. The lowest BCUT2D eigenvalue weighted by atomic mass is 10.0. The summed E-state index contributed by atoms with van der Waals surface area (Å²) < 4.78 is 32.3. The first-order chi connectivity index (χ1) is 11.2. The minimum atomic E-state index is -3.79. The number of esters is 1. The number of carbonyl (C=O) groups is 1. The fourth-order valence-electron chi connectivity index (χ4n) is 2.25. The number of sulfonamides is 1. The molecule has 0 aliphatic rings. The van der Waals surface area contributed by atoms with Crippen molar-refractivity contribution in [2.45, 2.75) is 31.6 Å². The largest absolute Gasteiger partial charge is 0.465 e. The van der Waals surface area contributed by atoms with Gasteiger partial charge in [0.15, 0.2) is 0 Å². The SMILES string of the molecule is COC(=O)c1cc(S(=O)(=O)Nc2ccc(C(C)C)cc2)ccc1C. The molecule has 0 saturated carbocycles. The normalized spacial score (nSPS) is 11.4. The summed E-state index contributed by atoms with van der Waals surface area (Å²) in [5.41, 5.74) is 2.48. The number of hydrogen-bond donors (Lipinski definition) is 1. The van der Waals surface area contributed by atoms with E-state index in [0.717, 1.165) is 5.56 Å². The van der Waals surface area contributed by atoms with Gasteiger partial charge in [-0.3, -0.25) is 4.72 Å². The first-order valence-corrected chi connectivity index (χ1v) is 9.04. The van der Waals surface area contributed by atoms with Gasteiger partial charge >= 0.3 is 5.97 Å². The van der Waals surface area contributed by atoms with Crippen molar-refractivity contribution < 1.29 is 17.9 Å². The third-order valence-corrected chi connectivity index (χ3v) is 5.13. The molecular weight excluding hydrogens is 326 g/mol. The Labute approximate surface area is 142 Å². The highest BCUT2D eigenvalue weighted by atomic mass is 32.2. The van der Waals surface area contributed by atoms with Crippen LogP contribution in [0.1, 0.15) is 41.3 Å². The summed E-state index contributed by atoms with van der Waals surface area (Å²) >= 11 is 0. The molecule has 0 aromatic heterocycles. The molecule has 0 aliphatic heterocycles. The van der Waals surface area contributed by atoms with Gasteiger partial charge in [-0.25, -0.2) is 13.2 Å². The molecular formula is C18H21NO4S. The molecule has 0 aliphatic carbocycles. The zero-order valence-corrected chi connectivity index (χ0v) is 15.0. The predicted molar refractivity (Wildman–Crippen MR) is 93.9 cm³/mol. The molecule has 0 saturated heterocycles. The van der Waals surface area contributed by atoms with E-state index < -0.39 is 16.0 Å². The maximum absolute atomic E-state index is 12.5. The molecule has 0 bridgehead atoms. The molecule has 0 spiro atoms. The van der Waals surface area contributed by atoms with E-state index >= 15 is 0 Å². The van der Waals surface area contributed by atoms with Gasteiger partial charge in [-0.2, -0.15) is 0 Å². The summed E-state index contributed by atoms with van der Waals surface area (Å²) in [6.07, 6.45) is 0. The molecule has 1 N–H and O–H groups in total. The average molecular weight is 347 g/mol. The summed E-state index contributed by atoms with van der Waals surface area (Å²) in [5, 5.41) is 0. The molecule has 24 heavy (non-hydrogen) atoms. The van der Waals surface area contributed by atoms with Crippen LogP contribution >= 0.6 is 0 Å². The van der Waals surface area contributed by atoms with Crippen LogP contribution in [-0.2, 0) is 14.8 Å². The number of ether oxygens (including phenoxy) is 1. The van der Waals surface area contributed by atoms with Crippen molar-refractivity contribution in [3.05, 3.63) is 59.2 Å². The number of rotatable bonds is 5. The van der Waals surface area contributed by atoms with Crippen LogP contribution in [0.4, 0.5) is 5.69 Å². The van der Waals surface area contributed by atoms with Crippen molar-refractivity contribution in [2.75, 3.05) is 11.8 Å². The number of benzene rings is 2. The van der Waals surface area contributed by atoms with Crippen molar-refractivity contribution in [3.8, 4) is 0 Å². The van der Waals surface area contributed by atoms with Crippen molar-refractivity contribution in [1.82, 2.24) is 0 Å². The Balaban J connectivity index is 2.32. The van der Waals surface area contributed by atoms with Crippen LogP contribution in [0.3, 0.4) is 0 Å². The maximum atomic E-state index is 12.5. The van der Waals surface area contributed by atoms with E-state index in [4.69, 9.17) is 0 Å². The van der Waals surface area contributed by atoms with E-state index in [2.05, 4.69) is 23.3 Å². The fourth-order valence-corrected chi connectivity index (χ4v) is 3.33. The molecule has 0 unspecified atom stereocenters. The van der Waals surface area contributed by atoms with E-state index in [-0.39, 0.29) is 10.5 Å². The Morgan fingerprint density at radius 1 is 1.08 bits per heavy atom. The van der Waals surface area contributed by atoms with Gasteiger partial charge in [0.25, 0.3) is 10.0 Å². The highest BCUT2D eigenvalue weighted by molar-refractivity contribution is 7.92. The van der Waals surface area contributed by atoms with Crippen LogP contribution < -0.4 is 4.72 Å². The van der Waals surface area contributed by atoms with Gasteiger partial charge in [0.1, 0.15) is 0 Å². The van der Waals surface area contributed by atoms with Crippen LogP contribution in [-0.4, -0.2) is 21.5 Å². The van der Waals surface area contributed by atoms with Gasteiger partial charge in [0.05, 0.1) is 17.6 Å². The van der Waals surface area contributed by atoms with E-state index in [0.29, 0.717) is 17.2 Å². The van der Waals surface area contributed by atoms with Gasteiger partial charge in [0, 0.05) is 5.69 Å². The van der Waals surface area contributed by atoms with E-state index in [9.17, 15) is 13.2 Å². The Morgan fingerprint density at radius 3 is 2.25 bits per heavy atom. The quantitative estimate of drug-likeness (QED) is 0.837. The molecule has 0 atom stereocenters. The standard InChI is InChI=1S/C18H21NO4S/c1-12(2)14-6-8-15(9-7-14)19-24(21,22)16-10-5-13(3)17(11-16)18(20)23-4/h5-12,19H,1-4H3. The molecule has 6 heteroatoms. The van der Waals surface area contributed by atoms with Crippen LogP contribution in [0.15, 0.2) is 47.4 Å². The summed E-state index contributed by atoms with van der Waals surface area (Å²) in [5.74, 6) is -0.193. The third-order valence-electron chi connectivity index (χ3n) is 3.75. The molecule has 0 radical (unpaired) electrons. The number of carbonyl (C=O) groups excluding carboxylic acids is 1. The van der Waals surface area contributed by atoms with Gasteiger partial charge in [-0.1, -0.05) is 32.0 Å².